The number of hydrogen-bond donors (Lipinski definition) is 1. The van der Waals surface area contributed by atoms with Crippen LogP contribution in [0.4, 0.5) is 5.82 Å². The first-order valence-corrected chi connectivity index (χ1v) is 9.40. The summed E-state index contributed by atoms with van der Waals surface area (Å²) in [6, 6.07) is 12.4. The largest absolute Gasteiger partial charge is 0.357 e. The van der Waals surface area contributed by atoms with E-state index in [1.165, 1.54) is 23.3 Å². The molecule has 1 saturated heterocycles. The van der Waals surface area contributed by atoms with Crippen LogP contribution in [-0.2, 0) is 17.8 Å². The van der Waals surface area contributed by atoms with E-state index in [0.29, 0.717) is 6.54 Å². The molecule has 2 aliphatic heterocycles. The zero-order valence-corrected chi connectivity index (χ0v) is 14.4. The van der Waals surface area contributed by atoms with Crippen LogP contribution in [0.5, 0.6) is 0 Å². The van der Waals surface area contributed by atoms with Crippen LogP contribution in [0.3, 0.4) is 0 Å². The number of carbonyl (C=O) groups is 1. The highest BCUT2D eigenvalue weighted by Crippen LogP contribution is 2.36. The second kappa shape index (κ2) is 6.85. The van der Waals surface area contributed by atoms with Gasteiger partial charge in [-0.1, -0.05) is 18.2 Å². The Bertz CT molecular complexity index is 718. The molecule has 1 N–H and O–H groups in total. The van der Waals surface area contributed by atoms with Crippen molar-refractivity contribution in [3.8, 4) is 0 Å². The number of fused-ring (bicyclic) bond motifs is 1. The number of anilines is 1. The maximum absolute atomic E-state index is 12.5. The topological polar surface area (TPSA) is 45.2 Å². The summed E-state index contributed by atoms with van der Waals surface area (Å²) in [7, 11) is 0. The van der Waals surface area contributed by atoms with Gasteiger partial charge in [0.1, 0.15) is 5.82 Å². The predicted molar refractivity (Wildman–Crippen MR) is 97.3 cm³/mol. The first-order valence-electron chi connectivity index (χ1n) is 8.52. The zero-order valence-electron chi connectivity index (χ0n) is 13.6. The van der Waals surface area contributed by atoms with Crippen LogP contribution in [0.1, 0.15) is 24.0 Å². The number of hydrogen-bond acceptors (Lipinski definition) is 4. The van der Waals surface area contributed by atoms with E-state index in [1.54, 1.807) is 11.8 Å². The van der Waals surface area contributed by atoms with Crippen molar-refractivity contribution >= 4 is 23.5 Å². The van der Waals surface area contributed by atoms with Crippen molar-refractivity contribution in [3.63, 3.8) is 0 Å². The van der Waals surface area contributed by atoms with Crippen molar-refractivity contribution < 1.29 is 4.79 Å². The Hall–Kier alpha value is -2.01. The quantitative estimate of drug-likeness (QED) is 0.930. The van der Waals surface area contributed by atoms with E-state index in [0.717, 1.165) is 30.9 Å². The van der Waals surface area contributed by atoms with Crippen molar-refractivity contribution in [2.75, 3.05) is 18.0 Å². The molecule has 4 nitrogen and oxygen atoms in total. The third-order valence-corrected chi connectivity index (χ3v) is 5.96. The fraction of sp³-hybridized carbons (Fsp3) is 0.368. The Morgan fingerprint density at radius 3 is 2.92 bits per heavy atom. The molecular formula is C19H21N3OS. The van der Waals surface area contributed by atoms with Gasteiger partial charge in [0.15, 0.2) is 0 Å². The Morgan fingerprint density at radius 1 is 1.25 bits per heavy atom. The van der Waals surface area contributed by atoms with Crippen molar-refractivity contribution in [3.05, 3.63) is 53.7 Å². The molecule has 1 amide bonds. The van der Waals surface area contributed by atoms with Crippen LogP contribution >= 0.6 is 11.8 Å². The van der Waals surface area contributed by atoms with E-state index in [1.807, 2.05) is 24.4 Å². The molecule has 1 aromatic heterocycles. The summed E-state index contributed by atoms with van der Waals surface area (Å²) in [4.78, 5) is 20.5. The van der Waals surface area contributed by atoms with Gasteiger partial charge >= 0.3 is 0 Å². The summed E-state index contributed by atoms with van der Waals surface area (Å²) in [6.07, 6.45) is 5.14. The summed E-state index contributed by atoms with van der Waals surface area (Å²) < 4.78 is 0. The molecule has 0 radical (unpaired) electrons. The van der Waals surface area contributed by atoms with Gasteiger partial charge in [0.05, 0.1) is 5.25 Å². The highest BCUT2D eigenvalue weighted by molar-refractivity contribution is 8.01. The Balaban J connectivity index is 1.35. The van der Waals surface area contributed by atoms with Gasteiger partial charge in [-0.3, -0.25) is 4.79 Å². The number of nitrogens with one attached hydrogen (secondary N) is 1. The maximum atomic E-state index is 12.5. The normalized spacial score (nSPS) is 19.3. The van der Waals surface area contributed by atoms with Gasteiger partial charge in [0.2, 0.25) is 5.91 Å². The number of benzene rings is 1. The summed E-state index contributed by atoms with van der Waals surface area (Å²) in [5.41, 5.74) is 2.39. The average Bonchev–Trinajstić information content (AvgIpc) is 3.29. The summed E-state index contributed by atoms with van der Waals surface area (Å²) in [6.45, 7) is 2.73. The van der Waals surface area contributed by atoms with Gasteiger partial charge in [-0.15, -0.1) is 11.8 Å². The van der Waals surface area contributed by atoms with Crippen LogP contribution in [0.25, 0.3) is 0 Å². The highest BCUT2D eigenvalue weighted by Gasteiger charge is 2.27. The van der Waals surface area contributed by atoms with E-state index in [2.05, 4.69) is 33.4 Å². The van der Waals surface area contributed by atoms with Crippen LogP contribution in [0.15, 0.2) is 47.5 Å². The Labute approximate surface area is 146 Å². The lowest BCUT2D eigenvalue weighted by Gasteiger charge is -2.17. The fourth-order valence-electron chi connectivity index (χ4n) is 3.32. The third kappa shape index (κ3) is 3.26. The zero-order chi connectivity index (χ0) is 16.4. The smallest absolute Gasteiger partial charge is 0.234 e. The fourth-order valence-corrected chi connectivity index (χ4v) is 4.54. The lowest BCUT2D eigenvalue weighted by molar-refractivity contribution is -0.120. The Morgan fingerprint density at radius 2 is 2.08 bits per heavy atom. The number of rotatable bonds is 4. The standard InChI is InChI=1S/C19H21N3OS/c23-19(17-12-15-5-1-2-6-16(15)24-17)21-13-14-7-8-20-18(11-14)22-9-3-4-10-22/h1-2,5-8,11,17H,3-4,9-10,12-13H2,(H,21,23). The van der Waals surface area contributed by atoms with E-state index in [-0.39, 0.29) is 11.2 Å². The van der Waals surface area contributed by atoms with Crippen molar-refractivity contribution in [1.29, 1.82) is 0 Å². The first-order chi connectivity index (χ1) is 11.8. The van der Waals surface area contributed by atoms with Crippen LogP contribution in [0, 0.1) is 0 Å². The summed E-state index contributed by atoms with van der Waals surface area (Å²) >= 11 is 1.67. The molecule has 1 atom stereocenters. The third-order valence-electron chi connectivity index (χ3n) is 4.65. The first kappa shape index (κ1) is 15.5. The monoisotopic (exact) mass is 339 g/mol. The predicted octanol–water partition coefficient (Wildman–Crippen LogP) is 3.02. The van der Waals surface area contributed by atoms with Gasteiger partial charge < -0.3 is 10.2 Å². The molecule has 2 aromatic rings. The minimum absolute atomic E-state index is 0.0118. The van der Waals surface area contributed by atoms with E-state index in [4.69, 9.17) is 0 Å². The van der Waals surface area contributed by atoms with Crippen LogP contribution < -0.4 is 10.2 Å². The van der Waals surface area contributed by atoms with Crippen LogP contribution in [0.2, 0.25) is 0 Å². The number of amides is 1. The van der Waals surface area contributed by atoms with Gasteiger partial charge in [-0.25, -0.2) is 4.98 Å². The molecule has 0 aliphatic carbocycles. The molecule has 0 spiro atoms. The molecule has 124 valence electrons. The molecule has 5 heteroatoms. The SMILES string of the molecule is O=C(NCc1ccnc(N2CCCC2)c1)C1Cc2ccccc2S1. The second-order valence-electron chi connectivity index (χ2n) is 6.35. The molecule has 1 unspecified atom stereocenters. The van der Waals surface area contributed by atoms with Crippen molar-refractivity contribution in [2.45, 2.75) is 36.0 Å². The lowest BCUT2D eigenvalue weighted by Crippen LogP contribution is -2.32. The van der Waals surface area contributed by atoms with E-state index in [9.17, 15) is 4.79 Å². The van der Waals surface area contributed by atoms with E-state index < -0.39 is 0 Å². The molecule has 0 bridgehead atoms. The minimum Gasteiger partial charge on any atom is -0.357 e. The number of thioether (sulfide) groups is 1. The summed E-state index contributed by atoms with van der Waals surface area (Å²) in [5.74, 6) is 1.15. The number of pyridine rings is 1. The van der Waals surface area contributed by atoms with Gasteiger partial charge in [-0.2, -0.15) is 0 Å². The van der Waals surface area contributed by atoms with Gasteiger partial charge in [0, 0.05) is 30.7 Å². The molecule has 1 aromatic carbocycles. The molecular weight excluding hydrogens is 318 g/mol. The molecule has 3 heterocycles. The molecule has 4 rings (SSSR count). The van der Waals surface area contributed by atoms with Gasteiger partial charge in [-0.05, 0) is 48.6 Å². The van der Waals surface area contributed by atoms with Gasteiger partial charge in [0.25, 0.3) is 0 Å². The lowest BCUT2D eigenvalue weighted by atomic mass is 10.1. The second-order valence-corrected chi connectivity index (χ2v) is 7.60. The Kier molecular flexibility index (Phi) is 4.43. The maximum Gasteiger partial charge on any atom is 0.234 e. The number of nitrogens with zero attached hydrogens (tertiary/aromatic N) is 2. The number of aromatic nitrogens is 1. The van der Waals surface area contributed by atoms with E-state index >= 15 is 0 Å². The highest BCUT2D eigenvalue weighted by atomic mass is 32.2. The average molecular weight is 339 g/mol. The number of carbonyl (C=O) groups excluding carboxylic acids is 1. The molecule has 2 aliphatic rings. The van der Waals surface area contributed by atoms with Crippen LogP contribution in [-0.4, -0.2) is 29.2 Å². The minimum atomic E-state index is -0.0118. The summed E-state index contributed by atoms with van der Waals surface area (Å²) in [5, 5.41) is 3.08. The van der Waals surface area contributed by atoms with Crippen molar-refractivity contribution in [2.24, 2.45) is 0 Å². The molecule has 1 fully saturated rings. The molecule has 0 saturated carbocycles. The van der Waals surface area contributed by atoms with Crippen molar-refractivity contribution in [1.82, 2.24) is 10.3 Å². The molecule has 24 heavy (non-hydrogen) atoms.